The molecule has 24 heavy (non-hydrogen) atoms. The zero-order valence-electron chi connectivity index (χ0n) is 14.5. The highest BCUT2D eigenvalue weighted by Gasteiger charge is 2.24. The SMILES string of the molecule is CC(C)C(NC(=O)Cc1ccccc1)C(=O)NCC1=CCNCC1. The fraction of sp³-hybridized carbons (Fsp3) is 0.474. The van der Waals surface area contributed by atoms with Crippen LogP contribution in [0.2, 0.25) is 0 Å². The molecule has 0 aliphatic carbocycles. The van der Waals surface area contributed by atoms with Crippen LogP contribution in [0.1, 0.15) is 25.8 Å². The average molecular weight is 329 g/mol. The van der Waals surface area contributed by atoms with Crippen molar-refractivity contribution in [1.29, 1.82) is 0 Å². The van der Waals surface area contributed by atoms with Crippen LogP contribution in [0.25, 0.3) is 0 Å². The van der Waals surface area contributed by atoms with E-state index in [1.54, 1.807) is 0 Å². The Balaban J connectivity index is 1.86. The van der Waals surface area contributed by atoms with Crippen LogP contribution in [-0.4, -0.2) is 37.5 Å². The predicted octanol–water partition coefficient (Wildman–Crippen LogP) is 1.41. The molecule has 0 fully saturated rings. The maximum Gasteiger partial charge on any atom is 0.243 e. The van der Waals surface area contributed by atoms with E-state index in [0.29, 0.717) is 6.54 Å². The summed E-state index contributed by atoms with van der Waals surface area (Å²) < 4.78 is 0. The molecule has 1 aliphatic rings. The molecule has 2 rings (SSSR count). The molecule has 3 N–H and O–H groups in total. The quantitative estimate of drug-likeness (QED) is 0.663. The van der Waals surface area contributed by atoms with Gasteiger partial charge in [0.05, 0.1) is 6.42 Å². The van der Waals surface area contributed by atoms with Gasteiger partial charge in [-0.15, -0.1) is 0 Å². The molecule has 1 aliphatic heterocycles. The van der Waals surface area contributed by atoms with Crippen molar-refractivity contribution < 1.29 is 9.59 Å². The smallest absolute Gasteiger partial charge is 0.243 e. The highest BCUT2D eigenvalue weighted by Crippen LogP contribution is 2.06. The summed E-state index contributed by atoms with van der Waals surface area (Å²) in [6.07, 6.45) is 3.35. The summed E-state index contributed by atoms with van der Waals surface area (Å²) >= 11 is 0. The largest absolute Gasteiger partial charge is 0.351 e. The highest BCUT2D eigenvalue weighted by molar-refractivity contribution is 5.88. The molecule has 5 heteroatoms. The molecule has 130 valence electrons. The van der Waals surface area contributed by atoms with Gasteiger partial charge in [-0.1, -0.05) is 55.8 Å². The minimum absolute atomic E-state index is 0.0340. The Morgan fingerprint density at radius 2 is 1.96 bits per heavy atom. The molecule has 5 nitrogen and oxygen atoms in total. The number of benzene rings is 1. The zero-order valence-corrected chi connectivity index (χ0v) is 14.5. The van der Waals surface area contributed by atoms with Gasteiger partial charge in [-0.2, -0.15) is 0 Å². The van der Waals surface area contributed by atoms with Crippen molar-refractivity contribution >= 4 is 11.8 Å². The Morgan fingerprint density at radius 1 is 1.21 bits per heavy atom. The summed E-state index contributed by atoms with van der Waals surface area (Å²) in [4.78, 5) is 24.7. The van der Waals surface area contributed by atoms with E-state index in [0.717, 1.165) is 25.1 Å². The summed E-state index contributed by atoms with van der Waals surface area (Å²) in [5.74, 6) is -0.214. The van der Waals surface area contributed by atoms with E-state index in [4.69, 9.17) is 0 Å². The second-order valence-electron chi connectivity index (χ2n) is 6.49. The van der Waals surface area contributed by atoms with E-state index in [2.05, 4.69) is 22.0 Å². The first kappa shape index (κ1) is 18.2. The Labute approximate surface area is 143 Å². The van der Waals surface area contributed by atoms with Crippen molar-refractivity contribution in [2.45, 2.75) is 32.7 Å². The summed E-state index contributed by atoms with van der Waals surface area (Å²) in [7, 11) is 0. The molecule has 1 aromatic rings. The number of amides is 2. The van der Waals surface area contributed by atoms with Gasteiger partial charge in [0.15, 0.2) is 0 Å². The van der Waals surface area contributed by atoms with E-state index in [-0.39, 0.29) is 24.2 Å². The molecule has 1 atom stereocenters. The standard InChI is InChI=1S/C19H27N3O2/c1-14(2)18(19(24)21-13-16-8-10-20-11-9-16)22-17(23)12-15-6-4-3-5-7-15/h3-8,14,18,20H,9-13H2,1-2H3,(H,21,24)(H,22,23). The Bertz CT molecular complexity index is 582. The van der Waals surface area contributed by atoms with Crippen molar-refractivity contribution in [3.63, 3.8) is 0 Å². The van der Waals surface area contributed by atoms with Gasteiger partial charge < -0.3 is 16.0 Å². The van der Waals surface area contributed by atoms with Crippen molar-refractivity contribution in [1.82, 2.24) is 16.0 Å². The van der Waals surface area contributed by atoms with E-state index in [1.165, 1.54) is 5.57 Å². The van der Waals surface area contributed by atoms with E-state index in [1.807, 2.05) is 44.2 Å². The number of carbonyl (C=O) groups is 2. The van der Waals surface area contributed by atoms with Crippen molar-refractivity contribution in [3.05, 3.63) is 47.5 Å². The molecule has 1 aromatic carbocycles. The maximum atomic E-state index is 12.4. The van der Waals surface area contributed by atoms with Crippen LogP contribution >= 0.6 is 0 Å². The van der Waals surface area contributed by atoms with Gasteiger partial charge in [0.25, 0.3) is 0 Å². The third-order valence-electron chi connectivity index (χ3n) is 4.12. The third-order valence-corrected chi connectivity index (χ3v) is 4.12. The van der Waals surface area contributed by atoms with Gasteiger partial charge in [0.2, 0.25) is 11.8 Å². The lowest BCUT2D eigenvalue weighted by Crippen LogP contribution is -2.50. The van der Waals surface area contributed by atoms with Crippen LogP contribution in [0.3, 0.4) is 0 Å². The summed E-state index contributed by atoms with van der Waals surface area (Å²) in [5.41, 5.74) is 2.18. The first-order chi connectivity index (χ1) is 11.6. The maximum absolute atomic E-state index is 12.4. The van der Waals surface area contributed by atoms with Gasteiger partial charge >= 0.3 is 0 Å². The normalized spacial score (nSPS) is 15.5. The van der Waals surface area contributed by atoms with Gasteiger partial charge in [0.1, 0.15) is 6.04 Å². The van der Waals surface area contributed by atoms with Gasteiger partial charge in [-0.25, -0.2) is 0 Å². The second kappa shape index (κ2) is 9.23. The summed E-state index contributed by atoms with van der Waals surface area (Å²) in [6.45, 7) is 6.24. The lowest BCUT2D eigenvalue weighted by Gasteiger charge is -2.23. The van der Waals surface area contributed by atoms with Crippen LogP contribution < -0.4 is 16.0 Å². The van der Waals surface area contributed by atoms with E-state index >= 15 is 0 Å². The number of carbonyl (C=O) groups excluding carboxylic acids is 2. The summed E-state index contributed by atoms with van der Waals surface area (Å²) in [5, 5.41) is 9.07. The molecule has 2 amide bonds. The van der Waals surface area contributed by atoms with Crippen LogP contribution in [-0.2, 0) is 16.0 Å². The van der Waals surface area contributed by atoms with Crippen LogP contribution in [0.5, 0.6) is 0 Å². The molecule has 1 unspecified atom stereocenters. The number of nitrogens with one attached hydrogen (secondary N) is 3. The molecular weight excluding hydrogens is 302 g/mol. The minimum Gasteiger partial charge on any atom is -0.351 e. The molecule has 0 aromatic heterocycles. The first-order valence-corrected chi connectivity index (χ1v) is 8.56. The lowest BCUT2D eigenvalue weighted by atomic mass is 10.0. The van der Waals surface area contributed by atoms with E-state index < -0.39 is 6.04 Å². The van der Waals surface area contributed by atoms with Crippen molar-refractivity contribution in [2.75, 3.05) is 19.6 Å². The lowest BCUT2D eigenvalue weighted by molar-refractivity contribution is -0.129. The van der Waals surface area contributed by atoms with Gasteiger partial charge in [-0.3, -0.25) is 9.59 Å². The zero-order chi connectivity index (χ0) is 17.4. The van der Waals surface area contributed by atoms with E-state index in [9.17, 15) is 9.59 Å². The molecule has 0 bridgehead atoms. The predicted molar refractivity (Wildman–Crippen MR) is 95.5 cm³/mol. The third kappa shape index (κ3) is 5.81. The molecule has 0 radical (unpaired) electrons. The van der Waals surface area contributed by atoms with Gasteiger partial charge in [0, 0.05) is 13.1 Å². The Kier molecular flexibility index (Phi) is 7.00. The number of hydrogen-bond donors (Lipinski definition) is 3. The Morgan fingerprint density at radius 3 is 2.58 bits per heavy atom. The molecule has 0 saturated heterocycles. The van der Waals surface area contributed by atoms with Crippen molar-refractivity contribution in [2.24, 2.45) is 5.92 Å². The second-order valence-corrected chi connectivity index (χ2v) is 6.49. The first-order valence-electron chi connectivity index (χ1n) is 8.56. The fourth-order valence-corrected chi connectivity index (χ4v) is 2.68. The topological polar surface area (TPSA) is 70.2 Å². The molecular formula is C19H27N3O2. The van der Waals surface area contributed by atoms with Crippen molar-refractivity contribution in [3.8, 4) is 0 Å². The Hall–Kier alpha value is -2.14. The monoisotopic (exact) mass is 329 g/mol. The summed E-state index contributed by atoms with van der Waals surface area (Å²) in [6, 6.07) is 9.04. The number of hydrogen-bond acceptors (Lipinski definition) is 3. The van der Waals surface area contributed by atoms with Crippen LogP contribution in [0.4, 0.5) is 0 Å². The molecule has 0 spiro atoms. The fourth-order valence-electron chi connectivity index (χ4n) is 2.68. The molecule has 1 heterocycles. The highest BCUT2D eigenvalue weighted by atomic mass is 16.2. The van der Waals surface area contributed by atoms with Gasteiger partial charge in [-0.05, 0) is 24.4 Å². The van der Waals surface area contributed by atoms with Crippen LogP contribution in [0.15, 0.2) is 42.0 Å². The average Bonchev–Trinajstić information content (AvgIpc) is 2.59. The minimum atomic E-state index is -0.511. The van der Waals surface area contributed by atoms with Crippen LogP contribution in [0, 0.1) is 5.92 Å². The molecule has 0 saturated carbocycles. The number of rotatable bonds is 7.